The highest BCUT2D eigenvalue weighted by Gasteiger charge is 2.17. The van der Waals surface area contributed by atoms with Gasteiger partial charge in [-0.1, -0.05) is 27.5 Å². The smallest absolute Gasteiger partial charge is 0.312 e. The lowest BCUT2D eigenvalue weighted by atomic mass is 10.2. The Morgan fingerprint density at radius 2 is 1.95 bits per heavy atom. The molecular formula is C13H6BrClN2O3. The van der Waals surface area contributed by atoms with Crippen LogP contribution in [0.25, 0.3) is 0 Å². The van der Waals surface area contributed by atoms with Gasteiger partial charge in [0, 0.05) is 15.6 Å². The van der Waals surface area contributed by atoms with Crippen molar-refractivity contribution in [2.24, 2.45) is 0 Å². The molecule has 0 aromatic heterocycles. The van der Waals surface area contributed by atoms with Crippen LogP contribution in [0.5, 0.6) is 11.5 Å². The Labute approximate surface area is 127 Å². The monoisotopic (exact) mass is 352 g/mol. The molecule has 0 heterocycles. The van der Waals surface area contributed by atoms with E-state index in [1.807, 2.05) is 6.07 Å². The summed E-state index contributed by atoms with van der Waals surface area (Å²) in [7, 11) is 0. The van der Waals surface area contributed by atoms with Gasteiger partial charge in [0.05, 0.1) is 10.5 Å². The molecule has 20 heavy (non-hydrogen) atoms. The highest BCUT2D eigenvalue weighted by molar-refractivity contribution is 9.10. The zero-order valence-corrected chi connectivity index (χ0v) is 12.2. The van der Waals surface area contributed by atoms with Crippen molar-refractivity contribution in [1.29, 1.82) is 5.26 Å². The van der Waals surface area contributed by atoms with Gasteiger partial charge in [-0.3, -0.25) is 10.1 Å². The molecule has 7 heteroatoms. The minimum atomic E-state index is -0.554. The number of hydrogen-bond donors (Lipinski definition) is 0. The van der Waals surface area contributed by atoms with Crippen LogP contribution in [0.4, 0.5) is 5.69 Å². The van der Waals surface area contributed by atoms with Gasteiger partial charge < -0.3 is 4.74 Å². The van der Waals surface area contributed by atoms with Crippen LogP contribution in [0.15, 0.2) is 40.9 Å². The Bertz CT molecular complexity index is 728. The van der Waals surface area contributed by atoms with Crippen LogP contribution in [0, 0.1) is 21.4 Å². The van der Waals surface area contributed by atoms with E-state index < -0.39 is 4.92 Å². The van der Waals surface area contributed by atoms with Gasteiger partial charge in [-0.2, -0.15) is 5.26 Å². The van der Waals surface area contributed by atoms with E-state index in [9.17, 15) is 10.1 Å². The summed E-state index contributed by atoms with van der Waals surface area (Å²) >= 11 is 8.94. The van der Waals surface area contributed by atoms with Crippen LogP contribution in [0.1, 0.15) is 5.56 Å². The Hall–Kier alpha value is -2.10. The van der Waals surface area contributed by atoms with Gasteiger partial charge in [0.25, 0.3) is 0 Å². The van der Waals surface area contributed by atoms with Crippen LogP contribution in [-0.2, 0) is 0 Å². The number of nitriles is 1. The van der Waals surface area contributed by atoms with E-state index in [0.717, 1.165) is 0 Å². The molecule has 0 amide bonds. The summed E-state index contributed by atoms with van der Waals surface area (Å²) in [6.07, 6.45) is 0. The number of benzene rings is 2. The summed E-state index contributed by atoms with van der Waals surface area (Å²) in [5.41, 5.74) is 0.00734. The van der Waals surface area contributed by atoms with Crippen molar-refractivity contribution >= 4 is 33.2 Å². The van der Waals surface area contributed by atoms with Crippen molar-refractivity contribution < 1.29 is 9.66 Å². The van der Waals surface area contributed by atoms with Crippen molar-refractivity contribution in [2.75, 3.05) is 0 Å². The molecule has 0 aliphatic rings. The number of halogens is 2. The predicted octanol–water partition coefficient (Wildman–Crippen LogP) is 4.67. The van der Waals surface area contributed by atoms with E-state index in [1.54, 1.807) is 12.1 Å². The first kappa shape index (κ1) is 14.3. The van der Waals surface area contributed by atoms with Gasteiger partial charge >= 0.3 is 5.69 Å². The lowest BCUT2D eigenvalue weighted by molar-refractivity contribution is -0.385. The van der Waals surface area contributed by atoms with Crippen molar-refractivity contribution in [3.63, 3.8) is 0 Å². The number of nitrogens with zero attached hydrogens (tertiary/aromatic N) is 2. The first-order valence-electron chi connectivity index (χ1n) is 5.32. The second kappa shape index (κ2) is 5.90. The van der Waals surface area contributed by atoms with Crippen molar-refractivity contribution in [2.45, 2.75) is 0 Å². The minimum Gasteiger partial charge on any atom is -0.449 e. The largest absolute Gasteiger partial charge is 0.449 e. The predicted molar refractivity (Wildman–Crippen MR) is 77.0 cm³/mol. The normalized spacial score (nSPS) is 9.85. The second-order valence-corrected chi connectivity index (χ2v) is 5.08. The zero-order chi connectivity index (χ0) is 14.7. The number of hydrogen-bond acceptors (Lipinski definition) is 4. The van der Waals surface area contributed by atoms with E-state index >= 15 is 0 Å². The molecule has 100 valence electrons. The average molecular weight is 354 g/mol. The second-order valence-electron chi connectivity index (χ2n) is 3.72. The summed E-state index contributed by atoms with van der Waals surface area (Å²) in [6.45, 7) is 0. The number of ether oxygens (including phenoxy) is 1. The minimum absolute atomic E-state index is 0.0528. The summed E-state index contributed by atoms with van der Waals surface area (Å²) < 4.78 is 6.02. The van der Waals surface area contributed by atoms with Crippen LogP contribution in [-0.4, -0.2) is 4.92 Å². The fourth-order valence-electron chi connectivity index (χ4n) is 1.52. The first-order chi connectivity index (χ1) is 9.51. The average Bonchev–Trinajstić information content (AvgIpc) is 2.42. The molecule has 2 aromatic rings. The quantitative estimate of drug-likeness (QED) is 0.593. The fraction of sp³-hybridized carbons (Fsp3) is 0. The lowest BCUT2D eigenvalue weighted by Crippen LogP contribution is -1.95. The van der Waals surface area contributed by atoms with E-state index in [2.05, 4.69) is 15.9 Å². The molecule has 0 atom stereocenters. The number of nitro groups is 1. The van der Waals surface area contributed by atoms with E-state index in [1.165, 1.54) is 24.3 Å². The van der Waals surface area contributed by atoms with Crippen LogP contribution < -0.4 is 4.74 Å². The summed E-state index contributed by atoms with van der Waals surface area (Å²) in [5.74, 6) is 0.263. The van der Waals surface area contributed by atoms with E-state index in [-0.39, 0.29) is 22.7 Å². The Morgan fingerprint density at radius 1 is 1.25 bits per heavy atom. The number of rotatable bonds is 3. The maximum Gasteiger partial charge on any atom is 0.312 e. The topological polar surface area (TPSA) is 76.2 Å². The number of nitro benzene ring substituents is 1. The highest BCUT2D eigenvalue weighted by Crippen LogP contribution is 2.35. The molecule has 0 aliphatic carbocycles. The third-order valence-electron chi connectivity index (χ3n) is 2.40. The third kappa shape index (κ3) is 3.07. The standard InChI is InChI=1S/C13H6BrClN2O3/c14-9-1-3-13(11(6-9)17(18)19)20-12-4-2-10(15)5-8(12)7-16/h1-6H. The third-order valence-corrected chi connectivity index (χ3v) is 3.13. The molecule has 2 aromatic carbocycles. The Morgan fingerprint density at radius 3 is 2.60 bits per heavy atom. The molecule has 0 fully saturated rings. The molecule has 0 N–H and O–H groups in total. The van der Waals surface area contributed by atoms with Crippen LogP contribution in [0.3, 0.4) is 0 Å². The van der Waals surface area contributed by atoms with Crippen molar-refractivity contribution in [1.82, 2.24) is 0 Å². The molecule has 0 bridgehead atoms. The molecule has 0 unspecified atom stereocenters. The van der Waals surface area contributed by atoms with Gasteiger partial charge in [-0.15, -0.1) is 0 Å². The molecule has 0 saturated heterocycles. The van der Waals surface area contributed by atoms with Crippen molar-refractivity contribution in [3.8, 4) is 17.6 Å². The maximum atomic E-state index is 11.0. The molecule has 5 nitrogen and oxygen atoms in total. The molecular weight excluding hydrogens is 348 g/mol. The first-order valence-corrected chi connectivity index (χ1v) is 6.50. The highest BCUT2D eigenvalue weighted by atomic mass is 79.9. The molecule has 0 radical (unpaired) electrons. The van der Waals surface area contributed by atoms with Crippen LogP contribution in [0.2, 0.25) is 5.02 Å². The van der Waals surface area contributed by atoms with Gasteiger partial charge in [0.2, 0.25) is 5.75 Å². The van der Waals surface area contributed by atoms with Gasteiger partial charge in [0.15, 0.2) is 0 Å². The molecule has 0 aliphatic heterocycles. The summed E-state index contributed by atoms with van der Waals surface area (Å²) in [6, 6.07) is 10.8. The zero-order valence-electron chi connectivity index (χ0n) is 9.84. The van der Waals surface area contributed by atoms with Gasteiger partial charge in [0.1, 0.15) is 11.8 Å². The molecule has 0 spiro atoms. The summed E-state index contributed by atoms with van der Waals surface area (Å²) in [5, 5.41) is 20.4. The Balaban J connectivity index is 2.45. The maximum absolute atomic E-state index is 11.0. The van der Waals surface area contributed by atoms with E-state index in [4.69, 9.17) is 21.6 Å². The fourth-order valence-corrected chi connectivity index (χ4v) is 2.04. The molecule has 2 rings (SSSR count). The van der Waals surface area contributed by atoms with Crippen LogP contribution >= 0.6 is 27.5 Å². The van der Waals surface area contributed by atoms with Gasteiger partial charge in [-0.25, -0.2) is 0 Å². The molecule has 0 saturated carbocycles. The Kier molecular flexibility index (Phi) is 4.23. The van der Waals surface area contributed by atoms with Crippen molar-refractivity contribution in [3.05, 3.63) is 61.6 Å². The lowest BCUT2D eigenvalue weighted by Gasteiger charge is -2.08. The van der Waals surface area contributed by atoms with Gasteiger partial charge in [-0.05, 0) is 30.3 Å². The SMILES string of the molecule is N#Cc1cc(Cl)ccc1Oc1ccc(Br)cc1[N+](=O)[O-]. The summed E-state index contributed by atoms with van der Waals surface area (Å²) in [4.78, 5) is 10.4. The van der Waals surface area contributed by atoms with E-state index in [0.29, 0.717) is 9.50 Å².